The fourth-order valence-corrected chi connectivity index (χ4v) is 8.40. The minimum Gasteiger partial charge on any atom is -0.478 e. The van der Waals surface area contributed by atoms with Crippen molar-refractivity contribution in [1.82, 2.24) is 0 Å². The number of aliphatic hydroxyl groups is 4. The van der Waals surface area contributed by atoms with E-state index in [1.165, 1.54) is 0 Å². The van der Waals surface area contributed by atoms with E-state index in [1.54, 1.807) is 30.3 Å². The number of benzene rings is 1. The van der Waals surface area contributed by atoms with Crippen molar-refractivity contribution >= 4 is 5.97 Å². The molecule has 0 radical (unpaired) electrons. The van der Waals surface area contributed by atoms with E-state index in [2.05, 4.69) is 6.92 Å². The monoisotopic (exact) mass is 488 g/mol. The number of allylic oxidation sites excluding steroid dienone is 1. The van der Waals surface area contributed by atoms with Crippen molar-refractivity contribution in [2.75, 3.05) is 6.61 Å². The van der Waals surface area contributed by atoms with Gasteiger partial charge in [0.1, 0.15) is 6.10 Å². The quantitative estimate of drug-likeness (QED) is 0.384. The lowest BCUT2D eigenvalue weighted by Gasteiger charge is -2.84. The maximum atomic E-state index is 11.4. The van der Waals surface area contributed by atoms with Gasteiger partial charge in [0.05, 0.1) is 36.1 Å². The Morgan fingerprint density at radius 3 is 2.23 bits per heavy atom. The largest absolute Gasteiger partial charge is 0.478 e. The molecule has 3 saturated carbocycles. The van der Waals surface area contributed by atoms with Gasteiger partial charge >= 0.3 is 5.97 Å². The van der Waals surface area contributed by atoms with Crippen molar-refractivity contribution in [3.8, 4) is 0 Å². The molecule has 1 aromatic rings. The Morgan fingerprint density at radius 1 is 1.09 bits per heavy atom. The molecule has 35 heavy (non-hydrogen) atoms. The predicted octanol–water partition coefficient (Wildman–Crippen LogP) is 3.16. The Kier molecular flexibility index (Phi) is 6.51. The first kappa shape index (κ1) is 26.3. The van der Waals surface area contributed by atoms with E-state index in [4.69, 9.17) is 9.84 Å². The number of aromatic carboxylic acids is 1. The van der Waals surface area contributed by atoms with Gasteiger partial charge in [-0.15, -0.1) is 0 Å². The molecule has 0 amide bonds. The highest BCUT2D eigenvalue weighted by Gasteiger charge is 2.87. The summed E-state index contributed by atoms with van der Waals surface area (Å²) in [6, 6.07) is 8.30. The summed E-state index contributed by atoms with van der Waals surface area (Å²) in [6.07, 6.45) is -0.260. The Balaban J connectivity index is 0.000000222. The summed E-state index contributed by atoms with van der Waals surface area (Å²) < 4.78 is 5.73. The van der Waals surface area contributed by atoms with Crippen LogP contribution >= 0.6 is 0 Å². The molecule has 1 spiro atoms. The van der Waals surface area contributed by atoms with E-state index >= 15 is 0 Å². The molecular weight excluding hydrogens is 448 g/mol. The van der Waals surface area contributed by atoms with Gasteiger partial charge in [-0.2, -0.15) is 0 Å². The van der Waals surface area contributed by atoms with E-state index in [1.807, 2.05) is 27.7 Å². The van der Waals surface area contributed by atoms with Gasteiger partial charge in [-0.05, 0) is 43.9 Å². The lowest BCUT2D eigenvalue weighted by molar-refractivity contribution is -0.416. The number of rotatable bonds is 1. The van der Waals surface area contributed by atoms with Crippen molar-refractivity contribution in [2.24, 2.45) is 22.2 Å². The number of hydrogen-bond acceptors (Lipinski definition) is 6. The highest BCUT2D eigenvalue weighted by molar-refractivity contribution is 5.87. The maximum Gasteiger partial charge on any atom is 0.335 e. The number of carboxylic acid groups (broad SMARTS) is 1. The van der Waals surface area contributed by atoms with E-state index < -0.39 is 46.1 Å². The van der Waals surface area contributed by atoms with Gasteiger partial charge < -0.3 is 30.3 Å². The predicted molar refractivity (Wildman–Crippen MR) is 131 cm³/mol. The molecule has 5 N–H and O–H groups in total. The zero-order valence-corrected chi connectivity index (χ0v) is 21.4. The fourth-order valence-electron chi connectivity index (χ4n) is 8.40. The fraction of sp³-hybridized carbons (Fsp3) is 0.679. The molecule has 0 bridgehead atoms. The van der Waals surface area contributed by atoms with Crippen molar-refractivity contribution in [3.63, 3.8) is 0 Å². The molecule has 7 heteroatoms. The van der Waals surface area contributed by atoms with Crippen LogP contribution in [0.4, 0.5) is 0 Å². The first-order valence-electron chi connectivity index (χ1n) is 12.8. The Hall–Kier alpha value is -1.77. The summed E-state index contributed by atoms with van der Waals surface area (Å²) in [5.41, 5.74) is -0.480. The van der Waals surface area contributed by atoms with Crippen LogP contribution in [0.25, 0.3) is 0 Å². The van der Waals surface area contributed by atoms with Crippen LogP contribution in [-0.2, 0) is 4.74 Å². The van der Waals surface area contributed by atoms with Crippen LogP contribution < -0.4 is 0 Å². The Morgan fingerprint density at radius 2 is 1.71 bits per heavy atom. The van der Waals surface area contributed by atoms with Gasteiger partial charge in [0, 0.05) is 28.6 Å². The molecule has 9 atom stereocenters. The first-order chi connectivity index (χ1) is 16.5. The highest BCUT2D eigenvalue weighted by atomic mass is 16.5. The zero-order chi connectivity index (χ0) is 26.0. The number of carboxylic acids is 1. The SMILES string of the molecule is CC.CC1=C2[C@@H](O)[C@@H](O)[C@]3(C)[C@@H](O)C[C@H]4OC[C@H]4C34C[C@](O)(CC1)[C@]24C.O=C(O)c1ccccc1. The normalized spacial score (nSPS) is 46.6. The molecule has 194 valence electrons. The molecule has 4 aliphatic carbocycles. The van der Waals surface area contributed by atoms with Gasteiger partial charge in [-0.25, -0.2) is 4.79 Å². The number of aliphatic hydroxyl groups excluding tert-OH is 3. The summed E-state index contributed by atoms with van der Waals surface area (Å²) in [5, 5.41) is 52.9. The average molecular weight is 489 g/mol. The molecule has 7 nitrogen and oxygen atoms in total. The molecule has 1 heterocycles. The van der Waals surface area contributed by atoms with Crippen molar-refractivity contribution in [2.45, 2.75) is 90.3 Å². The first-order valence-corrected chi connectivity index (χ1v) is 12.8. The molecule has 1 unspecified atom stereocenters. The van der Waals surface area contributed by atoms with Gasteiger partial charge in [-0.1, -0.05) is 51.5 Å². The third-order valence-electron chi connectivity index (χ3n) is 10.2. The average Bonchev–Trinajstić information content (AvgIpc) is 2.83. The molecule has 6 rings (SSSR count). The molecule has 1 aliphatic heterocycles. The number of carbonyl (C=O) groups is 1. The minimum absolute atomic E-state index is 0.000348. The third kappa shape index (κ3) is 3.05. The minimum atomic E-state index is -1.02. The van der Waals surface area contributed by atoms with E-state index in [-0.39, 0.29) is 12.0 Å². The second kappa shape index (κ2) is 8.67. The molecule has 1 aromatic carbocycles. The maximum absolute atomic E-state index is 11.4. The smallest absolute Gasteiger partial charge is 0.335 e. The van der Waals surface area contributed by atoms with Crippen LogP contribution in [0.2, 0.25) is 0 Å². The Labute approximate surface area is 207 Å². The van der Waals surface area contributed by atoms with Crippen LogP contribution in [0, 0.1) is 22.2 Å². The summed E-state index contributed by atoms with van der Waals surface area (Å²) in [4.78, 5) is 10.2. The standard InChI is InChI=1S/C19H28O5.C7H6O2.C2H6/c1-9-4-5-18(23)8-19-10-7-24-11(10)6-12(20)16(19,2)15(22)14(21)13(9)17(18,19)3;8-7(9)6-4-2-1-3-5-6;1-2/h10-12,14-15,20-23H,4-8H2,1-3H3;1-5H,(H,8,9);1-2H3/t10-,11-,12+,14-,15-,16+,17+,18-,19?;;/m1../s1. The van der Waals surface area contributed by atoms with Crippen LogP contribution in [-0.4, -0.2) is 68.1 Å². The number of fused-ring (bicyclic) bond motifs is 1. The lowest BCUT2D eigenvalue weighted by Crippen LogP contribution is -2.88. The van der Waals surface area contributed by atoms with Gasteiger partial charge in [-0.3, -0.25) is 0 Å². The van der Waals surface area contributed by atoms with Gasteiger partial charge in [0.2, 0.25) is 0 Å². The third-order valence-corrected chi connectivity index (χ3v) is 10.2. The summed E-state index contributed by atoms with van der Waals surface area (Å²) >= 11 is 0. The summed E-state index contributed by atoms with van der Waals surface area (Å²) in [5.74, 6) is -0.658. The van der Waals surface area contributed by atoms with Crippen LogP contribution in [0.5, 0.6) is 0 Å². The zero-order valence-electron chi connectivity index (χ0n) is 21.4. The van der Waals surface area contributed by atoms with E-state index in [9.17, 15) is 25.2 Å². The molecule has 0 aromatic heterocycles. The molecular formula is C28H40O7. The second-order valence-electron chi connectivity index (χ2n) is 11.1. The summed E-state index contributed by atoms with van der Waals surface area (Å²) in [7, 11) is 0. The van der Waals surface area contributed by atoms with Crippen LogP contribution in [0.15, 0.2) is 41.5 Å². The highest BCUT2D eigenvalue weighted by Crippen LogP contribution is 2.84. The lowest BCUT2D eigenvalue weighted by atomic mass is 9.22. The molecule has 5 aliphatic rings. The van der Waals surface area contributed by atoms with E-state index in [0.29, 0.717) is 31.4 Å². The van der Waals surface area contributed by atoms with Crippen molar-refractivity contribution in [1.29, 1.82) is 0 Å². The number of ether oxygens (including phenoxy) is 1. The Bertz CT molecular complexity index is 1010. The molecule has 1 saturated heterocycles. The van der Waals surface area contributed by atoms with Crippen molar-refractivity contribution in [3.05, 3.63) is 47.0 Å². The van der Waals surface area contributed by atoms with E-state index in [0.717, 1.165) is 17.6 Å². The van der Waals surface area contributed by atoms with Crippen LogP contribution in [0.1, 0.15) is 70.7 Å². The molecule has 4 fully saturated rings. The van der Waals surface area contributed by atoms with Crippen LogP contribution in [0.3, 0.4) is 0 Å². The number of hydrogen-bond donors (Lipinski definition) is 5. The second-order valence-corrected chi connectivity index (χ2v) is 11.1. The van der Waals surface area contributed by atoms with Crippen molar-refractivity contribution < 1.29 is 35.1 Å². The summed E-state index contributed by atoms with van der Waals surface area (Å²) in [6.45, 7) is 10.6. The van der Waals surface area contributed by atoms with Gasteiger partial charge in [0.25, 0.3) is 0 Å². The van der Waals surface area contributed by atoms with Gasteiger partial charge in [0.15, 0.2) is 0 Å². The topological polar surface area (TPSA) is 127 Å².